The minimum absolute atomic E-state index is 0.0178. The summed E-state index contributed by atoms with van der Waals surface area (Å²) < 4.78 is 3.33. The number of alkyl halides is 1. The number of fused-ring (bicyclic) bond motifs is 1. The summed E-state index contributed by atoms with van der Waals surface area (Å²) in [5.41, 5.74) is 2.21. The first kappa shape index (κ1) is 12.9. The van der Waals surface area contributed by atoms with Crippen molar-refractivity contribution in [3.05, 3.63) is 28.5 Å². The number of aromatic nitrogens is 2. The molecule has 2 aromatic rings. The normalized spacial score (nSPS) is 12.3. The summed E-state index contributed by atoms with van der Waals surface area (Å²) >= 11 is 9.33. The lowest BCUT2D eigenvalue weighted by atomic mass is 10.1. The van der Waals surface area contributed by atoms with Crippen LogP contribution in [0.2, 0.25) is 0 Å². The van der Waals surface area contributed by atoms with Gasteiger partial charge in [0, 0.05) is 22.3 Å². The monoisotopic (exact) mass is 314 g/mol. The lowest BCUT2D eigenvalue weighted by molar-refractivity contribution is 0.395. The van der Waals surface area contributed by atoms with Crippen molar-refractivity contribution in [2.24, 2.45) is 0 Å². The van der Waals surface area contributed by atoms with Crippen LogP contribution in [0.4, 0.5) is 0 Å². The molecule has 2 rings (SSSR count). The molecule has 0 saturated carbocycles. The molecule has 0 aliphatic heterocycles. The van der Waals surface area contributed by atoms with Crippen molar-refractivity contribution in [2.75, 3.05) is 5.88 Å². The Morgan fingerprint density at radius 1 is 1.35 bits per heavy atom. The fraction of sp³-hybridized carbons (Fsp3) is 0.462. The molecular weight excluding hydrogens is 300 g/mol. The van der Waals surface area contributed by atoms with Crippen LogP contribution in [0.25, 0.3) is 11.0 Å². The van der Waals surface area contributed by atoms with E-state index in [2.05, 4.69) is 64.5 Å². The zero-order valence-electron chi connectivity index (χ0n) is 10.3. The van der Waals surface area contributed by atoms with Crippen LogP contribution in [-0.2, 0) is 12.0 Å². The van der Waals surface area contributed by atoms with Gasteiger partial charge in [0.1, 0.15) is 5.82 Å². The Morgan fingerprint density at radius 2 is 2.06 bits per heavy atom. The van der Waals surface area contributed by atoms with Crippen molar-refractivity contribution in [1.82, 2.24) is 9.55 Å². The molecule has 1 aromatic heterocycles. The lowest BCUT2D eigenvalue weighted by Gasteiger charge is -2.24. The molecule has 0 atom stereocenters. The van der Waals surface area contributed by atoms with E-state index >= 15 is 0 Å². The molecule has 0 spiro atoms. The molecule has 92 valence electrons. The van der Waals surface area contributed by atoms with Crippen LogP contribution in [-0.4, -0.2) is 15.4 Å². The molecule has 17 heavy (non-hydrogen) atoms. The van der Waals surface area contributed by atoms with E-state index in [0.29, 0.717) is 5.88 Å². The second-order valence-electron chi connectivity index (χ2n) is 5.11. The average molecular weight is 316 g/mol. The fourth-order valence-corrected chi connectivity index (χ4v) is 2.62. The zero-order valence-corrected chi connectivity index (χ0v) is 12.6. The van der Waals surface area contributed by atoms with Crippen LogP contribution in [0, 0.1) is 0 Å². The molecule has 0 amide bonds. The topological polar surface area (TPSA) is 17.8 Å². The third-order valence-corrected chi connectivity index (χ3v) is 3.36. The smallest absolute Gasteiger partial charge is 0.111 e. The molecule has 0 aliphatic carbocycles. The molecule has 0 fully saturated rings. The summed E-state index contributed by atoms with van der Waals surface area (Å²) in [6.07, 6.45) is 0.797. The number of aryl methyl sites for hydroxylation is 1. The van der Waals surface area contributed by atoms with Crippen molar-refractivity contribution >= 4 is 38.6 Å². The summed E-state index contributed by atoms with van der Waals surface area (Å²) in [5, 5.41) is 0. The molecule has 4 heteroatoms. The van der Waals surface area contributed by atoms with Gasteiger partial charge in [-0.25, -0.2) is 4.98 Å². The second-order valence-corrected chi connectivity index (χ2v) is 6.40. The maximum Gasteiger partial charge on any atom is 0.111 e. The number of hydrogen-bond donors (Lipinski definition) is 0. The molecule has 0 saturated heterocycles. The van der Waals surface area contributed by atoms with E-state index in [9.17, 15) is 0 Å². The van der Waals surface area contributed by atoms with Gasteiger partial charge in [-0.2, -0.15) is 0 Å². The molecule has 0 radical (unpaired) electrons. The van der Waals surface area contributed by atoms with Crippen LogP contribution in [0.5, 0.6) is 0 Å². The highest BCUT2D eigenvalue weighted by Gasteiger charge is 2.20. The summed E-state index contributed by atoms with van der Waals surface area (Å²) in [7, 11) is 0. The van der Waals surface area contributed by atoms with Crippen molar-refractivity contribution in [2.45, 2.75) is 32.7 Å². The molecule has 0 aliphatic rings. The van der Waals surface area contributed by atoms with Crippen LogP contribution >= 0.6 is 27.5 Å². The van der Waals surface area contributed by atoms with Gasteiger partial charge in [-0.3, -0.25) is 0 Å². The average Bonchev–Trinajstić information content (AvgIpc) is 2.54. The number of nitrogens with zero attached hydrogens (tertiary/aromatic N) is 2. The van der Waals surface area contributed by atoms with Crippen molar-refractivity contribution < 1.29 is 0 Å². The van der Waals surface area contributed by atoms with Crippen LogP contribution in [0.15, 0.2) is 22.7 Å². The highest BCUT2D eigenvalue weighted by Crippen LogP contribution is 2.27. The van der Waals surface area contributed by atoms with Gasteiger partial charge in [0.15, 0.2) is 0 Å². The second kappa shape index (κ2) is 4.62. The van der Waals surface area contributed by atoms with E-state index < -0.39 is 0 Å². The quantitative estimate of drug-likeness (QED) is 0.754. The first-order valence-corrected chi connectivity index (χ1v) is 6.99. The van der Waals surface area contributed by atoms with Gasteiger partial charge < -0.3 is 4.57 Å². The van der Waals surface area contributed by atoms with Gasteiger partial charge in [-0.15, -0.1) is 11.6 Å². The summed E-state index contributed by atoms with van der Waals surface area (Å²) in [5.74, 6) is 1.65. The van der Waals surface area contributed by atoms with Gasteiger partial charge in [0.25, 0.3) is 0 Å². The predicted molar refractivity (Wildman–Crippen MR) is 76.9 cm³/mol. The Hall–Kier alpha value is -0.540. The third-order valence-electron chi connectivity index (χ3n) is 2.67. The van der Waals surface area contributed by atoms with E-state index in [1.54, 1.807) is 0 Å². The van der Waals surface area contributed by atoms with Gasteiger partial charge in [0.05, 0.1) is 11.0 Å². The number of rotatable bonds is 2. The van der Waals surface area contributed by atoms with E-state index in [4.69, 9.17) is 11.6 Å². The lowest BCUT2D eigenvalue weighted by Crippen LogP contribution is -2.24. The first-order valence-electron chi connectivity index (χ1n) is 5.67. The van der Waals surface area contributed by atoms with E-state index in [-0.39, 0.29) is 5.54 Å². The number of imidazole rings is 1. The first-order chi connectivity index (χ1) is 7.93. The minimum atomic E-state index is 0.0178. The maximum absolute atomic E-state index is 5.85. The number of hydrogen-bond acceptors (Lipinski definition) is 1. The minimum Gasteiger partial charge on any atom is -0.323 e. The van der Waals surface area contributed by atoms with E-state index in [1.807, 2.05) is 0 Å². The standard InChI is InChI=1S/C13H16BrClN2/c1-13(2,3)17-11-5-4-9(14)8-10(11)16-12(17)6-7-15/h4-5,8H,6-7H2,1-3H3. The van der Waals surface area contributed by atoms with Gasteiger partial charge in [0.2, 0.25) is 0 Å². The molecule has 0 bridgehead atoms. The molecule has 2 nitrogen and oxygen atoms in total. The molecular formula is C13H16BrClN2. The number of benzene rings is 1. The summed E-state index contributed by atoms with van der Waals surface area (Å²) in [4.78, 5) is 4.68. The Bertz CT molecular complexity index is 540. The van der Waals surface area contributed by atoms with E-state index in [1.165, 1.54) is 5.52 Å². The van der Waals surface area contributed by atoms with Gasteiger partial charge in [-0.1, -0.05) is 15.9 Å². The summed E-state index contributed by atoms with van der Waals surface area (Å²) in [6, 6.07) is 6.21. The largest absolute Gasteiger partial charge is 0.323 e. The Balaban J connectivity index is 2.71. The maximum atomic E-state index is 5.85. The third kappa shape index (κ3) is 2.50. The fourth-order valence-electron chi connectivity index (χ4n) is 2.10. The zero-order chi connectivity index (χ0) is 12.6. The molecule has 1 heterocycles. The van der Waals surface area contributed by atoms with E-state index in [0.717, 1.165) is 22.2 Å². The molecule has 1 aromatic carbocycles. The van der Waals surface area contributed by atoms with Gasteiger partial charge in [-0.05, 0) is 39.0 Å². The van der Waals surface area contributed by atoms with Crippen LogP contribution in [0.1, 0.15) is 26.6 Å². The summed E-state index contributed by atoms with van der Waals surface area (Å²) in [6.45, 7) is 6.57. The highest BCUT2D eigenvalue weighted by atomic mass is 79.9. The Labute approximate surface area is 115 Å². The van der Waals surface area contributed by atoms with Crippen molar-refractivity contribution in [1.29, 1.82) is 0 Å². The van der Waals surface area contributed by atoms with Crippen LogP contribution < -0.4 is 0 Å². The molecule has 0 N–H and O–H groups in total. The number of halogens is 2. The molecule has 0 unspecified atom stereocenters. The highest BCUT2D eigenvalue weighted by molar-refractivity contribution is 9.10. The Kier molecular flexibility index (Phi) is 3.50. The predicted octanol–water partition coefficient (Wildman–Crippen LogP) is 4.34. The van der Waals surface area contributed by atoms with Crippen molar-refractivity contribution in [3.8, 4) is 0 Å². The van der Waals surface area contributed by atoms with Gasteiger partial charge >= 0.3 is 0 Å². The Morgan fingerprint density at radius 3 is 2.65 bits per heavy atom. The van der Waals surface area contributed by atoms with Crippen molar-refractivity contribution in [3.63, 3.8) is 0 Å². The SMILES string of the molecule is CC(C)(C)n1c(CCCl)nc2cc(Br)ccc21. The van der Waals surface area contributed by atoms with Crippen LogP contribution in [0.3, 0.4) is 0 Å².